The van der Waals surface area contributed by atoms with Crippen LogP contribution >= 0.6 is 0 Å². The summed E-state index contributed by atoms with van der Waals surface area (Å²) in [6.45, 7) is 7.92. The van der Waals surface area contributed by atoms with Crippen molar-refractivity contribution in [1.82, 2.24) is 34.8 Å². The van der Waals surface area contributed by atoms with Crippen molar-refractivity contribution in [2.75, 3.05) is 5.32 Å². The number of aliphatic hydroxyl groups excluding tert-OH is 2. The normalized spacial score (nSPS) is 21.2. The van der Waals surface area contributed by atoms with Crippen LogP contribution in [-0.2, 0) is 16.1 Å². The maximum Gasteiger partial charge on any atom is 0.252 e. The van der Waals surface area contributed by atoms with Gasteiger partial charge in [0.2, 0.25) is 0 Å². The van der Waals surface area contributed by atoms with Gasteiger partial charge in [-0.05, 0) is 57.0 Å². The Hall–Kier alpha value is -4.00. The van der Waals surface area contributed by atoms with Gasteiger partial charge in [0.25, 0.3) is 5.91 Å². The van der Waals surface area contributed by atoms with E-state index >= 15 is 0 Å². The van der Waals surface area contributed by atoms with Gasteiger partial charge >= 0.3 is 0 Å². The van der Waals surface area contributed by atoms with Crippen molar-refractivity contribution in [3.63, 3.8) is 0 Å². The molecule has 1 saturated heterocycles. The molecule has 4 atom stereocenters. The molecule has 0 spiro atoms. The smallest absolute Gasteiger partial charge is 0.252 e. The number of aromatic nitrogens is 6. The fraction of sp³-hybridized carbons (Fsp3) is 0.385. The standard InChI is InChI=1S/C26H30N8O4/c1-13(2)31-25(37)21-19(35)20(36)26(38-21)34-12-30-18-23(29-11-17-8-14(3)5-6-28-17)32-22(33-24(18)34)16-7-15(4)9-27-10-16/h5-10,12-13,19-21,26,35-36H,11H2,1-4H3,(H,31,37)(H,29,32,33)/t19-,20+,21-,26+/m0/s1. The van der Waals surface area contributed by atoms with E-state index in [1.807, 2.05) is 32.0 Å². The zero-order valence-electron chi connectivity index (χ0n) is 21.5. The van der Waals surface area contributed by atoms with Gasteiger partial charge in [0, 0.05) is 30.2 Å². The third kappa shape index (κ3) is 5.05. The average Bonchev–Trinajstić information content (AvgIpc) is 3.43. The number of anilines is 1. The topological polar surface area (TPSA) is 160 Å². The molecule has 4 aromatic heterocycles. The summed E-state index contributed by atoms with van der Waals surface area (Å²) in [7, 11) is 0. The highest BCUT2D eigenvalue weighted by Crippen LogP contribution is 2.33. The van der Waals surface area contributed by atoms with Crippen molar-refractivity contribution in [1.29, 1.82) is 0 Å². The minimum atomic E-state index is -1.43. The highest BCUT2D eigenvalue weighted by Gasteiger charge is 2.48. The van der Waals surface area contributed by atoms with Gasteiger partial charge < -0.3 is 25.6 Å². The minimum Gasteiger partial charge on any atom is -0.387 e. The number of ether oxygens (including phenoxy) is 1. The summed E-state index contributed by atoms with van der Waals surface area (Å²) in [4.78, 5) is 35.2. The van der Waals surface area contributed by atoms with Crippen LogP contribution in [0.15, 0.2) is 43.1 Å². The summed E-state index contributed by atoms with van der Waals surface area (Å²) < 4.78 is 7.37. The molecule has 1 amide bonds. The molecule has 1 fully saturated rings. The Balaban J connectivity index is 1.55. The third-order valence-corrected chi connectivity index (χ3v) is 6.17. The zero-order chi connectivity index (χ0) is 27.0. The summed E-state index contributed by atoms with van der Waals surface area (Å²) in [5, 5.41) is 27.4. The van der Waals surface area contributed by atoms with Crippen LogP contribution in [0.1, 0.15) is 36.9 Å². The van der Waals surface area contributed by atoms with Crippen LogP contribution in [0.5, 0.6) is 0 Å². The van der Waals surface area contributed by atoms with Gasteiger partial charge in [-0.15, -0.1) is 0 Å². The largest absolute Gasteiger partial charge is 0.387 e. The summed E-state index contributed by atoms with van der Waals surface area (Å²) in [6.07, 6.45) is 1.45. The number of amides is 1. The Morgan fingerprint density at radius 2 is 1.92 bits per heavy atom. The molecule has 0 radical (unpaired) electrons. The van der Waals surface area contributed by atoms with E-state index in [9.17, 15) is 15.0 Å². The number of hydrogen-bond acceptors (Lipinski definition) is 10. The van der Waals surface area contributed by atoms with Crippen molar-refractivity contribution in [2.24, 2.45) is 0 Å². The number of imidazole rings is 1. The molecule has 198 valence electrons. The van der Waals surface area contributed by atoms with Crippen molar-refractivity contribution in [2.45, 2.75) is 64.8 Å². The molecule has 12 heteroatoms. The monoisotopic (exact) mass is 518 g/mol. The SMILES string of the molecule is Cc1cncc(-c2nc(NCc3cc(C)ccn3)c3ncn([C@@H]4O[C@H](C(=O)NC(C)C)[C@@H](O)[C@H]4O)c3n2)c1. The Labute approximate surface area is 219 Å². The number of hydrogen-bond donors (Lipinski definition) is 4. The second-order valence-electron chi connectivity index (χ2n) is 9.74. The summed E-state index contributed by atoms with van der Waals surface area (Å²) in [5.74, 6) is 0.334. The number of pyridine rings is 2. The van der Waals surface area contributed by atoms with E-state index in [4.69, 9.17) is 14.7 Å². The van der Waals surface area contributed by atoms with Gasteiger partial charge in [-0.25, -0.2) is 15.0 Å². The molecule has 0 unspecified atom stereocenters. The predicted octanol–water partition coefficient (Wildman–Crippen LogP) is 1.66. The molecule has 4 aromatic rings. The van der Waals surface area contributed by atoms with Gasteiger partial charge in [0.05, 0.1) is 18.6 Å². The number of nitrogens with one attached hydrogen (secondary N) is 2. The van der Waals surface area contributed by atoms with E-state index in [1.54, 1.807) is 32.4 Å². The van der Waals surface area contributed by atoms with Gasteiger partial charge in [0.1, 0.15) is 12.2 Å². The number of aliphatic hydroxyl groups is 2. The van der Waals surface area contributed by atoms with Crippen molar-refractivity contribution >= 4 is 22.9 Å². The number of aryl methyl sites for hydroxylation is 2. The van der Waals surface area contributed by atoms with E-state index in [0.717, 1.165) is 16.8 Å². The van der Waals surface area contributed by atoms with Crippen LogP contribution in [-0.4, -0.2) is 70.0 Å². The predicted molar refractivity (Wildman–Crippen MR) is 139 cm³/mol. The molecule has 5 heterocycles. The quantitative estimate of drug-likeness (QED) is 0.283. The summed E-state index contributed by atoms with van der Waals surface area (Å²) >= 11 is 0. The van der Waals surface area contributed by atoms with Gasteiger partial charge in [0.15, 0.2) is 35.1 Å². The molecule has 0 saturated carbocycles. The second kappa shape index (κ2) is 10.4. The Kier molecular flexibility index (Phi) is 7.02. The molecular weight excluding hydrogens is 488 g/mol. The highest BCUT2D eigenvalue weighted by molar-refractivity contribution is 5.85. The molecular formula is C26H30N8O4. The molecule has 1 aliphatic heterocycles. The van der Waals surface area contributed by atoms with E-state index in [1.165, 1.54) is 10.9 Å². The molecule has 38 heavy (non-hydrogen) atoms. The zero-order valence-corrected chi connectivity index (χ0v) is 21.5. The molecule has 5 rings (SSSR count). The van der Waals surface area contributed by atoms with Crippen LogP contribution in [0.25, 0.3) is 22.6 Å². The Bertz CT molecular complexity index is 1470. The lowest BCUT2D eigenvalue weighted by Crippen LogP contribution is -2.45. The van der Waals surface area contributed by atoms with E-state index in [0.29, 0.717) is 34.9 Å². The van der Waals surface area contributed by atoms with Gasteiger partial charge in [-0.3, -0.25) is 19.3 Å². The summed E-state index contributed by atoms with van der Waals surface area (Å²) in [5.41, 5.74) is 4.34. The first-order chi connectivity index (χ1) is 18.2. The number of rotatable bonds is 7. The maximum atomic E-state index is 12.6. The van der Waals surface area contributed by atoms with Crippen molar-refractivity contribution in [3.8, 4) is 11.4 Å². The number of carbonyl (C=O) groups is 1. The van der Waals surface area contributed by atoms with E-state index in [-0.39, 0.29) is 6.04 Å². The fourth-order valence-electron chi connectivity index (χ4n) is 4.37. The second-order valence-corrected chi connectivity index (χ2v) is 9.74. The first-order valence-electron chi connectivity index (χ1n) is 12.3. The molecule has 0 aromatic carbocycles. The van der Waals surface area contributed by atoms with Crippen LogP contribution in [0.4, 0.5) is 5.82 Å². The van der Waals surface area contributed by atoms with Gasteiger partial charge in [-0.2, -0.15) is 0 Å². The lowest BCUT2D eigenvalue weighted by molar-refractivity contribution is -0.138. The molecule has 1 aliphatic rings. The van der Waals surface area contributed by atoms with E-state index < -0.39 is 30.4 Å². The van der Waals surface area contributed by atoms with Crippen molar-refractivity contribution < 1.29 is 19.7 Å². The Morgan fingerprint density at radius 1 is 1.11 bits per heavy atom. The first-order valence-corrected chi connectivity index (χ1v) is 12.3. The summed E-state index contributed by atoms with van der Waals surface area (Å²) in [6, 6.07) is 5.66. The van der Waals surface area contributed by atoms with Crippen LogP contribution in [0, 0.1) is 13.8 Å². The fourth-order valence-corrected chi connectivity index (χ4v) is 4.37. The van der Waals surface area contributed by atoms with Crippen LogP contribution < -0.4 is 10.6 Å². The molecule has 12 nitrogen and oxygen atoms in total. The maximum absolute atomic E-state index is 12.6. The van der Waals surface area contributed by atoms with Crippen LogP contribution in [0.2, 0.25) is 0 Å². The highest BCUT2D eigenvalue weighted by atomic mass is 16.6. The van der Waals surface area contributed by atoms with Gasteiger partial charge in [-0.1, -0.05) is 0 Å². The average molecular weight is 519 g/mol. The number of carbonyl (C=O) groups excluding carboxylic acids is 1. The molecule has 0 aliphatic carbocycles. The number of nitrogens with zero attached hydrogens (tertiary/aromatic N) is 6. The molecule has 0 bridgehead atoms. The van der Waals surface area contributed by atoms with Crippen LogP contribution in [0.3, 0.4) is 0 Å². The first kappa shape index (κ1) is 25.6. The lowest BCUT2D eigenvalue weighted by Gasteiger charge is -2.17. The molecule has 4 N–H and O–H groups in total. The van der Waals surface area contributed by atoms with Crippen molar-refractivity contribution in [3.05, 3.63) is 59.9 Å². The third-order valence-electron chi connectivity index (χ3n) is 6.17. The lowest BCUT2D eigenvalue weighted by atomic mass is 10.1. The number of fused-ring (bicyclic) bond motifs is 1. The van der Waals surface area contributed by atoms with E-state index in [2.05, 4.69) is 25.6 Å². The minimum absolute atomic E-state index is 0.154. The Morgan fingerprint density at radius 3 is 2.66 bits per heavy atom.